The summed E-state index contributed by atoms with van der Waals surface area (Å²) in [4.78, 5) is 0. The Morgan fingerprint density at radius 3 is 2.15 bits per heavy atom. The van der Waals surface area contributed by atoms with Crippen LogP contribution in [-0.2, 0) is 5.41 Å². The molecule has 1 aliphatic carbocycles. The van der Waals surface area contributed by atoms with E-state index < -0.39 is 0 Å². The number of nitrogens with zero attached hydrogens (tertiary/aromatic N) is 1. The van der Waals surface area contributed by atoms with Crippen LogP contribution in [0.3, 0.4) is 0 Å². The number of hydrogen-bond donors (Lipinski definition) is 0. The molecule has 3 aromatic heterocycles. The van der Waals surface area contributed by atoms with Gasteiger partial charge >= 0.3 is 0 Å². The molecular formula is C23H18ClNO2. The van der Waals surface area contributed by atoms with Gasteiger partial charge in [-0.2, -0.15) is 4.57 Å². The molecule has 0 N–H and O–H groups in total. The topological polar surface area (TPSA) is 30.2 Å². The van der Waals surface area contributed by atoms with Crippen molar-refractivity contribution in [3.63, 3.8) is 0 Å². The zero-order valence-electron chi connectivity index (χ0n) is 14.6. The molecule has 27 heavy (non-hydrogen) atoms. The van der Waals surface area contributed by atoms with Gasteiger partial charge in [0.2, 0.25) is 0 Å². The first kappa shape index (κ1) is 16.4. The van der Waals surface area contributed by atoms with Gasteiger partial charge in [-0.05, 0) is 17.7 Å². The van der Waals surface area contributed by atoms with Gasteiger partial charge in [0.15, 0.2) is 17.9 Å². The summed E-state index contributed by atoms with van der Waals surface area (Å²) in [7, 11) is 0. The molecule has 3 aliphatic rings. The summed E-state index contributed by atoms with van der Waals surface area (Å²) in [6.45, 7) is 0. The Balaban J connectivity index is 0.00000160. The van der Waals surface area contributed by atoms with Gasteiger partial charge in [0, 0.05) is 35.2 Å². The van der Waals surface area contributed by atoms with Crippen molar-refractivity contribution in [1.82, 2.24) is 0 Å². The van der Waals surface area contributed by atoms with Gasteiger partial charge in [0.05, 0.1) is 36.4 Å². The van der Waals surface area contributed by atoms with E-state index in [4.69, 9.17) is 8.83 Å². The quantitative estimate of drug-likeness (QED) is 0.498. The van der Waals surface area contributed by atoms with E-state index in [9.17, 15) is 0 Å². The summed E-state index contributed by atoms with van der Waals surface area (Å²) in [6.07, 6.45) is 10.6. The van der Waals surface area contributed by atoms with Crippen LogP contribution in [0.4, 0.5) is 0 Å². The number of benzene rings is 1. The van der Waals surface area contributed by atoms with E-state index in [0.717, 1.165) is 6.42 Å². The third-order valence-corrected chi connectivity index (χ3v) is 6.30. The van der Waals surface area contributed by atoms with Crippen LogP contribution in [0.25, 0.3) is 0 Å². The van der Waals surface area contributed by atoms with Crippen LogP contribution in [0.1, 0.15) is 46.3 Å². The molecule has 0 saturated heterocycles. The highest BCUT2D eigenvalue weighted by atomic mass is 35.5. The molecule has 3 nitrogen and oxygen atoms in total. The maximum absolute atomic E-state index is 5.54. The molecule has 2 aliphatic heterocycles. The fourth-order valence-corrected chi connectivity index (χ4v) is 5.31. The lowest BCUT2D eigenvalue weighted by atomic mass is 9.54. The lowest BCUT2D eigenvalue weighted by molar-refractivity contribution is -0.732. The SMILES string of the molecule is [Cl-].c1ccc2c(c1)[C@H]1c3cccc[n+]3[C@H]2CC1(c1ccoc1)c1ccoc1. The van der Waals surface area contributed by atoms with Gasteiger partial charge in [0.1, 0.15) is 0 Å². The van der Waals surface area contributed by atoms with Crippen LogP contribution >= 0.6 is 0 Å². The van der Waals surface area contributed by atoms with E-state index in [-0.39, 0.29) is 23.7 Å². The lowest BCUT2D eigenvalue weighted by Crippen LogP contribution is -3.00. The molecule has 0 amide bonds. The van der Waals surface area contributed by atoms with Crippen molar-refractivity contribution >= 4 is 0 Å². The summed E-state index contributed by atoms with van der Waals surface area (Å²) in [6, 6.07) is 20.0. The Bertz CT molecular complexity index is 1000. The number of aromatic nitrogens is 1. The van der Waals surface area contributed by atoms with E-state index in [2.05, 4.69) is 65.4 Å². The molecule has 134 valence electrons. The van der Waals surface area contributed by atoms with E-state index >= 15 is 0 Å². The number of hydrogen-bond acceptors (Lipinski definition) is 2. The van der Waals surface area contributed by atoms with Crippen LogP contribution in [0, 0.1) is 0 Å². The van der Waals surface area contributed by atoms with Crippen molar-refractivity contribution in [2.75, 3.05) is 0 Å². The molecule has 2 bridgehead atoms. The summed E-state index contributed by atoms with van der Waals surface area (Å²) in [5.74, 6) is 0.222. The molecule has 7 rings (SSSR count). The Hall–Kier alpha value is -2.78. The van der Waals surface area contributed by atoms with Crippen LogP contribution in [0.15, 0.2) is 94.7 Å². The first-order chi connectivity index (χ1) is 12.9. The highest BCUT2D eigenvalue weighted by Gasteiger charge is 2.59. The summed E-state index contributed by atoms with van der Waals surface area (Å²) in [5.41, 5.74) is 6.46. The molecule has 0 fully saturated rings. The van der Waals surface area contributed by atoms with Crippen LogP contribution in [0.5, 0.6) is 0 Å². The second-order valence-electron chi connectivity index (χ2n) is 7.31. The van der Waals surface area contributed by atoms with Crippen LogP contribution in [0.2, 0.25) is 0 Å². The summed E-state index contributed by atoms with van der Waals surface area (Å²) in [5, 5.41) is 0. The first-order valence-corrected chi connectivity index (χ1v) is 9.04. The lowest BCUT2D eigenvalue weighted by Gasteiger charge is -2.48. The van der Waals surface area contributed by atoms with Crippen molar-refractivity contribution in [2.45, 2.75) is 23.8 Å². The average Bonchev–Trinajstić information content (AvgIpc) is 3.42. The largest absolute Gasteiger partial charge is 1.00 e. The zero-order valence-corrected chi connectivity index (χ0v) is 15.3. The van der Waals surface area contributed by atoms with E-state index in [1.165, 1.54) is 27.9 Å². The molecule has 1 aromatic carbocycles. The Kier molecular flexibility index (Phi) is 3.56. The number of furan rings is 2. The molecule has 0 radical (unpaired) electrons. The molecule has 4 heteroatoms. The van der Waals surface area contributed by atoms with Gasteiger partial charge in [-0.1, -0.05) is 30.3 Å². The van der Waals surface area contributed by atoms with Crippen LogP contribution < -0.4 is 17.0 Å². The first-order valence-electron chi connectivity index (χ1n) is 9.04. The predicted octanol–water partition coefficient (Wildman–Crippen LogP) is 1.59. The van der Waals surface area contributed by atoms with Crippen molar-refractivity contribution in [3.05, 3.63) is 114 Å². The van der Waals surface area contributed by atoms with Crippen molar-refractivity contribution < 1.29 is 25.8 Å². The highest BCUT2D eigenvalue weighted by molar-refractivity contribution is 5.53. The van der Waals surface area contributed by atoms with Crippen molar-refractivity contribution in [2.24, 2.45) is 0 Å². The standard InChI is InChI=1S/C23H18NO2.ClH/c1-2-6-19-18(5-1)21-13-23(16-8-11-25-14-16,17-9-12-26-15-17)22(19)20-7-3-4-10-24(20)21;/h1-12,14-15,21-22H,13H2;1H/q+1;/p-1/t21-,22-;/m0./s1. The predicted molar refractivity (Wildman–Crippen MR) is 95.9 cm³/mol. The molecular weight excluding hydrogens is 358 g/mol. The normalized spacial score (nSPS) is 21.2. The molecule has 0 saturated carbocycles. The smallest absolute Gasteiger partial charge is 0.190 e. The van der Waals surface area contributed by atoms with Gasteiger partial charge in [0.25, 0.3) is 0 Å². The summed E-state index contributed by atoms with van der Waals surface area (Å²) >= 11 is 0. The minimum absolute atomic E-state index is 0. The second kappa shape index (κ2) is 5.86. The Morgan fingerprint density at radius 2 is 1.48 bits per heavy atom. The van der Waals surface area contributed by atoms with Gasteiger partial charge in [-0.25, -0.2) is 0 Å². The summed E-state index contributed by atoms with van der Waals surface area (Å²) < 4.78 is 13.5. The van der Waals surface area contributed by atoms with Gasteiger partial charge in [-0.15, -0.1) is 0 Å². The monoisotopic (exact) mass is 375 g/mol. The van der Waals surface area contributed by atoms with E-state index in [0.29, 0.717) is 6.04 Å². The van der Waals surface area contributed by atoms with Crippen LogP contribution in [-0.4, -0.2) is 0 Å². The molecule has 4 aromatic rings. The zero-order chi connectivity index (χ0) is 17.1. The fourth-order valence-electron chi connectivity index (χ4n) is 5.31. The number of pyridine rings is 1. The molecule has 2 atom stereocenters. The third-order valence-electron chi connectivity index (χ3n) is 6.30. The maximum Gasteiger partial charge on any atom is 0.190 e. The highest BCUT2D eigenvalue weighted by Crippen LogP contribution is 2.59. The van der Waals surface area contributed by atoms with E-state index in [1.807, 2.05) is 12.5 Å². The third kappa shape index (κ3) is 2.00. The molecule has 0 unspecified atom stereocenters. The van der Waals surface area contributed by atoms with Gasteiger partial charge in [-0.3, -0.25) is 0 Å². The molecule has 5 heterocycles. The minimum Gasteiger partial charge on any atom is -1.00 e. The van der Waals surface area contributed by atoms with E-state index in [1.54, 1.807) is 12.5 Å². The Morgan fingerprint density at radius 1 is 0.815 bits per heavy atom. The van der Waals surface area contributed by atoms with Crippen molar-refractivity contribution in [3.8, 4) is 0 Å². The number of rotatable bonds is 2. The maximum atomic E-state index is 5.54. The number of fused-ring (bicyclic) bond motifs is 1. The van der Waals surface area contributed by atoms with Crippen molar-refractivity contribution in [1.29, 1.82) is 0 Å². The minimum atomic E-state index is -0.180. The fraction of sp³-hybridized carbons (Fsp3) is 0.174. The second-order valence-corrected chi connectivity index (χ2v) is 7.31. The average molecular weight is 376 g/mol. The number of halogens is 1. The molecule has 0 spiro atoms. The van der Waals surface area contributed by atoms with Gasteiger partial charge < -0.3 is 21.2 Å². The Labute approximate surface area is 163 Å².